The Kier molecular flexibility index (Phi) is 6.19. The van der Waals surface area contributed by atoms with Crippen LogP contribution in [-0.4, -0.2) is 68.3 Å². The molecule has 8 N–H and O–H groups in total. The third kappa shape index (κ3) is 4.15. The maximum absolute atomic E-state index is 13.0. The predicted octanol–water partition coefficient (Wildman–Crippen LogP) is 1.61. The molecule has 6 heterocycles. The lowest BCUT2D eigenvalue weighted by Gasteiger charge is -2.43. The summed E-state index contributed by atoms with van der Waals surface area (Å²) in [5, 5.41) is 19.5. The molecule has 5 atom stereocenters. The number of hydrogen-bond acceptors (Lipinski definition) is 8. The van der Waals surface area contributed by atoms with Crippen molar-refractivity contribution in [2.75, 3.05) is 6.61 Å². The Morgan fingerprint density at radius 2 is 1.90 bits per heavy atom. The molecule has 1 amide bonds. The molecule has 4 aliphatic heterocycles. The molecule has 3 fully saturated rings. The van der Waals surface area contributed by atoms with E-state index in [1.54, 1.807) is 6.20 Å². The highest BCUT2D eigenvalue weighted by Crippen LogP contribution is 2.53. The molecule has 2 saturated heterocycles. The third-order valence-electron chi connectivity index (χ3n) is 9.16. The van der Waals surface area contributed by atoms with E-state index >= 15 is 0 Å². The van der Waals surface area contributed by atoms with Gasteiger partial charge in [0.2, 0.25) is 0 Å². The molecular weight excluding hydrogens is 539 g/mol. The van der Waals surface area contributed by atoms with Crippen LogP contribution in [0.25, 0.3) is 22.6 Å². The van der Waals surface area contributed by atoms with E-state index in [0.717, 1.165) is 67.2 Å². The average molecular weight is 573 g/mol. The Morgan fingerprint density at radius 1 is 1.15 bits per heavy atom. The van der Waals surface area contributed by atoms with Gasteiger partial charge in [-0.15, -0.1) is 0 Å². The van der Waals surface area contributed by atoms with E-state index in [1.165, 1.54) is 11.8 Å². The smallest absolute Gasteiger partial charge is 0.289 e. The fourth-order valence-corrected chi connectivity index (χ4v) is 9.11. The number of carbonyl (C=O) groups is 1. The fraction of sp³-hybridized carbons (Fsp3) is 0.429. The van der Waals surface area contributed by atoms with E-state index in [-0.39, 0.29) is 30.4 Å². The summed E-state index contributed by atoms with van der Waals surface area (Å²) < 4.78 is 7.81. The number of nitrogens with zero attached hydrogens (tertiary/aromatic N) is 5. The quantitative estimate of drug-likeness (QED) is 0.204. The SMILES string of the molecule is N=CN=C(N)C(=O)N1C2CC[C@H]1CC(C1Pc3c(-c4cnc5c(c4)OCC(C=N)=C5N)cnn3C(N)=C1C1CC1)C2. The first-order valence-electron chi connectivity index (χ1n) is 14.0. The molecular formula is C28H33N10O2P. The van der Waals surface area contributed by atoms with Gasteiger partial charge in [-0.3, -0.25) is 15.2 Å². The number of aliphatic imine (C=N–C) groups is 1. The van der Waals surface area contributed by atoms with Gasteiger partial charge < -0.3 is 32.2 Å². The number of allylic oxidation sites excluding steroid dienone is 1. The molecule has 12 nitrogen and oxygen atoms in total. The van der Waals surface area contributed by atoms with Crippen LogP contribution in [0.4, 0.5) is 0 Å². The zero-order valence-corrected chi connectivity index (χ0v) is 23.5. The van der Waals surface area contributed by atoms with Crippen LogP contribution in [0.1, 0.15) is 44.2 Å². The number of pyridine rings is 1. The van der Waals surface area contributed by atoms with Gasteiger partial charge in [0.05, 0.1) is 17.3 Å². The van der Waals surface area contributed by atoms with Crippen LogP contribution in [-0.2, 0) is 4.79 Å². The van der Waals surface area contributed by atoms with Gasteiger partial charge in [-0.25, -0.2) is 9.67 Å². The molecule has 212 valence electrons. The second kappa shape index (κ2) is 9.80. The maximum atomic E-state index is 13.0. The van der Waals surface area contributed by atoms with Gasteiger partial charge in [0.25, 0.3) is 5.91 Å². The summed E-state index contributed by atoms with van der Waals surface area (Å²) in [6.07, 6.45) is 11.7. The second-order valence-electron chi connectivity index (χ2n) is 11.5. The van der Waals surface area contributed by atoms with Crippen LogP contribution in [0.15, 0.2) is 34.6 Å². The van der Waals surface area contributed by atoms with E-state index in [1.807, 2.05) is 21.8 Å². The van der Waals surface area contributed by atoms with Crippen LogP contribution in [0, 0.1) is 22.7 Å². The van der Waals surface area contributed by atoms with Crippen LogP contribution in [0.3, 0.4) is 0 Å². The maximum Gasteiger partial charge on any atom is 0.289 e. The van der Waals surface area contributed by atoms with Crippen molar-refractivity contribution in [1.29, 1.82) is 10.8 Å². The Hall–Kier alpha value is -4.05. The van der Waals surface area contributed by atoms with Crippen molar-refractivity contribution in [2.45, 2.75) is 56.3 Å². The molecule has 2 aromatic heterocycles. The van der Waals surface area contributed by atoms with Crippen molar-refractivity contribution in [2.24, 2.45) is 34.0 Å². The largest absolute Gasteiger partial charge is 0.486 e. The molecule has 2 bridgehead atoms. The molecule has 0 aromatic carbocycles. The number of hydrogen-bond donors (Lipinski definition) is 5. The normalized spacial score (nSPS) is 27.9. The lowest BCUT2D eigenvalue weighted by atomic mass is 9.83. The summed E-state index contributed by atoms with van der Waals surface area (Å²) >= 11 is 0. The average Bonchev–Trinajstić information content (AvgIpc) is 3.66. The molecule has 7 rings (SSSR count). The van der Waals surface area contributed by atoms with Gasteiger partial charge in [0, 0.05) is 46.9 Å². The number of piperidine rings is 1. The molecule has 2 aromatic rings. The topological polar surface area (TPSA) is 198 Å². The standard InChI is InChI=1S/C28H33N10O2P/c29-8-16-11-40-20-7-15(9-34-23(20)22(16)31)19-10-36-38-26(33)21(13-1-2-13)24(41-28(19)38)14-5-17-3-4-18(6-14)37(17)27(39)25(32)35-12-30/h7-10,12-14,17-18,24,29,41H,1-6,11,31,33H2,(H3,30,32,35)/t14?,17-,18?,24?/m0/s1. The molecule has 1 saturated carbocycles. The van der Waals surface area contributed by atoms with Crippen LogP contribution in [0.5, 0.6) is 5.75 Å². The molecule has 1 aliphatic carbocycles. The molecule has 13 heteroatoms. The summed E-state index contributed by atoms with van der Waals surface area (Å²) in [6.45, 7) is 0.242. The zero-order chi connectivity index (χ0) is 28.4. The summed E-state index contributed by atoms with van der Waals surface area (Å²) in [5.74, 6) is 1.88. The van der Waals surface area contributed by atoms with Crippen molar-refractivity contribution in [3.63, 3.8) is 0 Å². The number of aromatic nitrogens is 3. The van der Waals surface area contributed by atoms with E-state index in [4.69, 9.17) is 37.9 Å². The fourth-order valence-electron chi connectivity index (χ4n) is 7.11. The minimum Gasteiger partial charge on any atom is -0.486 e. The van der Waals surface area contributed by atoms with E-state index in [0.29, 0.717) is 48.8 Å². The highest BCUT2D eigenvalue weighted by atomic mass is 31.1. The number of amidine groups is 1. The molecule has 41 heavy (non-hydrogen) atoms. The predicted molar refractivity (Wildman–Crippen MR) is 159 cm³/mol. The minimum atomic E-state index is -0.256. The van der Waals surface area contributed by atoms with Gasteiger partial charge >= 0.3 is 0 Å². The number of ether oxygens (including phenoxy) is 1. The number of amides is 1. The Labute approximate surface area is 238 Å². The van der Waals surface area contributed by atoms with E-state index in [9.17, 15) is 4.79 Å². The van der Waals surface area contributed by atoms with Crippen molar-refractivity contribution < 1.29 is 9.53 Å². The van der Waals surface area contributed by atoms with Crippen molar-refractivity contribution in [3.8, 4) is 16.9 Å². The minimum absolute atomic E-state index is 0.111. The van der Waals surface area contributed by atoms with Crippen LogP contribution in [0.2, 0.25) is 0 Å². The number of nitrogens with one attached hydrogen (secondary N) is 2. The van der Waals surface area contributed by atoms with Gasteiger partial charge in [-0.1, -0.05) is 8.58 Å². The summed E-state index contributed by atoms with van der Waals surface area (Å²) in [5.41, 5.74) is 25.3. The number of rotatable bonds is 5. The zero-order valence-electron chi connectivity index (χ0n) is 22.5. The van der Waals surface area contributed by atoms with Gasteiger partial charge in [-0.2, -0.15) is 5.10 Å². The highest BCUT2D eigenvalue weighted by molar-refractivity contribution is 7.48. The first-order valence-corrected chi connectivity index (χ1v) is 15.1. The monoisotopic (exact) mass is 572 g/mol. The molecule has 0 radical (unpaired) electrons. The lowest BCUT2D eigenvalue weighted by Crippen LogP contribution is -2.52. The summed E-state index contributed by atoms with van der Waals surface area (Å²) in [4.78, 5) is 23.3. The molecule has 0 spiro atoms. The van der Waals surface area contributed by atoms with Gasteiger partial charge in [0.15, 0.2) is 5.84 Å². The third-order valence-corrected chi connectivity index (χ3v) is 11.0. The summed E-state index contributed by atoms with van der Waals surface area (Å²) in [7, 11) is 0.480. The first kappa shape index (κ1) is 25.9. The van der Waals surface area contributed by atoms with Crippen molar-refractivity contribution in [3.05, 3.63) is 35.3 Å². The van der Waals surface area contributed by atoms with Crippen molar-refractivity contribution in [1.82, 2.24) is 19.7 Å². The summed E-state index contributed by atoms with van der Waals surface area (Å²) in [6, 6.07) is 2.19. The molecule has 5 aliphatic rings. The second-order valence-corrected chi connectivity index (χ2v) is 12.9. The van der Waals surface area contributed by atoms with Gasteiger partial charge in [-0.05, 0) is 62.0 Å². The van der Waals surface area contributed by atoms with Crippen molar-refractivity contribution >= 4 is 49.8 Å². The Balaban J connectivity index is 1.21. The van der Waals surface area contributed by atoms with Crippen LogP contribution >= 0.6 is 8.58 Å². The molecule has 4 unspecified atom stereocenters. The number of carbonyl (C=O) groups excluding carboxylic acids is 1. The number of fused-ring (bicyclic) bond motifs is 4. The first-order chi connectivity index (χ1) is 19.9. The lowest BCUT2D eigenvalue weighted by molar-refractivity contribution is -0.129. The Morgan fingerprint density at radius 3 is 2.59 bits per heavy atom. The Bertz CT molecular complexity index is 1560. The van der Waals surface area contributed by atoms with E-state index in [2.05, 4.69) is 9.98 Å². The van der Waals surface area contributed by atoms with E-state index < -0.39 is 0 Å². The van der Waals surface area contributed by atoms with Gasteiger partial charge in [0.1, 0.15) is 30.2 Å². The number of nitrogens with two attached hydrogens (primary N) is 3. The van der Waals surface area contributed by atoms with Crippen LogP contribution < -0.4 is 27.4 Å². The highest BCUT2D eigenvalue weighted by Gasteiger charge is 2.49.